The number of carbonyl (C=O) groups excluding carboxylic acids is 1. The van der Waals surface area contributed by atoms with Crippen LogP contribution in [0.5, 0.6) is 0 Å². The second kappa shape index (κ2) is 8.00. The molecule has 1 fully saturated rings. The van der Waals surface area contributed by atoms with Gasteiger partial charge in [0.2, 0.25) is 5.95 Å². The summed E-state index contributed by atoms with van der Waals surface area (Å²) in [6.07, 6.45) is 8.21. The lowest BCUT2D eigenvalue weighted by atomic mass is 10.0. The molecule has 1 N–H and O–H groups in total. The van der Waals surface area contributed by atoms with Crippen LogP contribution in [0.25, 0.3) is 10.8 Å². The van der Waals surface area contributed by atoms with Gasteiger partial charge in [0.25, 0.3) is 5.91 Å². The molecule has 7 heteroatoms. The zero-order valence-corrected chi connectivity index (χ0v) is 16.4. The van der Waals surface area contributed by atoms with Gasteiger partial charge in [0, 0.05) is 43.1 Å². The van der Waals surface area contributed by atoms with Crippen molar-refractivity contribution in [3.8, 4) is 0 Å². The zero-order chi connectivity index (χ0) is 18.6. The van der Waals surface area contributed by atoms with Crippen LogP contribution in [0.4, 0.5) is 5.95 Å². The Kier molecular flexibility index (Phi) is 5.29. The number of hydrogen-bond donors (Lipinski definition) is 1. The summed E-state index contributed by atoms with van der Waals surface area (Å²) in [6, 6.07) is 9.92. The summed E-state index contributed by atoms with van der Waals surface area (Å²) in [5, 5.41) is 5.19. The molecule has 0 radical (unpaired) electrons. The summed E-state index contributed by atoms with van der Waals surface area (Å²) in [6.45, 7) is 1.37. The molecule has 3 aromatic rings. The minimum Gasteiger partial charge on any atom is -0.352 e. The Hall–Kier alpha value is -2.54. The van der Waals surface area contributed by atoms with E-state index < -0.39 is 0 Å². The lowest BCUT2D eigenvalue weighted by Crippen LogP contribution is -2.47. The first-order valence-corrected chi connectivity index (χ1v) is 9.88. The maximum Gasteiger partial charge on any atom is 0.273 e. The van der Waals surface area contributed by atoms with Gasteiger partial charge in [0.1, 0.15) is 5.69 Å². The number of fused-ring (bicyclic) bond motifs is 1. The largest absolute Gasteiger partial charge is 0.352 e. The van der Waals surface area contributed by atoms with Crippen LogP contribution < -0.4 is 5.32 Å². The highest BCUT2D eigenvalue weighted by Crippen LogP contribution is 2.23. The molecule has 1 saturated heterocycles. The SMILES string of the molecule is O=C(c1nccc2ccccc12)N1CCCCC1CNc1ncc(Br)cn1. The third kappa shape index (κ3) is 3.93. The number of anilines is 1. The molecular weight excluding hydrogens is 406 g/mol. The van der Waals surface area contributed by atoms with E-state index in [4.69, 9.17) is 0 Å². The fraction of sp³-hybridized carbons (Fsp3) is 0.300. The van der Waals surface area contributed by atoms with Gasteiger partial charge in [-0.15, -0.1) is 0 Å². The van der Waals surface area contributed by atoms with E-state index in [1.54, 1.807) is 18.6 Å². The van der Waals surface area contributed by atoms with E-state index in [1.807, 2.05) is 35.2 Å². The first kappa shape index (κ1) is 17.9. The van der Waals surface area contributed by atoms with Crippen molar-refractivity contribution >= 4 is 38.6 Å². The van der Waals surface area contributed by atoms with Crippen molar-refractivity contribution in [2.24, 2.45) is 0 Å². The van der Waals surface area contributed by atoms with Crippen LogP contribution in [0.2, 0.25) is 0 Å². The number of pyridine rings is 1. The number of hydrogen-bond acceptors (Lipinski definition) is 5. The van der Waals surface area contributed by atoms with E-state index in [0.717, 1.165) is 41.1 Å². The van der Waals surface area contributed by atoms with Crippen molar-refractivity contribution in [2.45, 2.75) is 25.3 Å². The van der Waals surface area contributed by atoms with Crippen LogP contribution in [0.15, 0.2) is 53.4 Å². The van der Waals surface area contributed by atoms with Crippen LogP contribution >= 0.6 is 15.9 Å². The molecule has 0 bridgehead atoms. The van der Waals surface area contributed by atoms with E-state index in [9.17, 15) is 4.79 Å². The third-order valence-corrected chi connectivity index (χ3v) is 5.29. The summed E-state index contributed by atoms with van der Waals surface area (Å²) in [4.78, 5) is 28.1. The smallest absolute Gasteiger partial charge is 0.273 e. The fourth-order valence-corrected chi connectivity index (χ4v) is 3.72. The first-order chi connectivity index (χ1) is 13.2. The molecule has 27 heavy (non-hydrogen) atoms. The summed E-state index contributed by atoms with van der Waals surface area (Å²) in [7, 11) is 0. The number of carbonyl (C=O) groups is 1. The monoisotopic (exact) mass is 425 g/mol. The van der Waals surface area contributed by atoms with Gasteiger partial charge in [-0.25, -0.2) is 9.97 Å². The molecule has 6 nitrogen and oxygen atoms in total. The third-order valence-electron chi connectivity index (χ3n) is 4.88. The molecule has 0 spiro atoms. The first-order valence-electron chi connectivity index (χ1n) is 9.08. The Labute approximate surface area is 166 Å². The minimum absolute atomic E-state index is 0.00461. The summed E-state index contributed by atoms with van der Waals surface area (Å²) < 4.78 is 0.838. The van der Waals surface area contributed by atoms with E-state index in [-0.39, 0.29) is 11.9 Å². The number of likely N-dealkylation sites (tertiary alicyclic amines) is 1. The summed E-state index contributed by atoms with van der Waals surface area (Å²) in [5.74, 6) is 0.564. The van der Waals surface area contributed by atoms with E-state index in [0.29, 0.717) is 18.2 Å². The number of halogens is 1. The normalized spacial score (nSPS) is 17.1. The topological polar surface area (TPSA) is 71.0 Å². The predicted molar refractivity (Wildman–Crippen MR) is 109 cm³/mol. The second-order valence-electron chi connectivity index (χ2n) is 6.63. The van der Waals surface area contributed by atoms with Gasteiger partial charge >= 0.3 is 0 Å². The van der Waals surface area contributed by atoms with Crippen LogP contribution in [-0.2, 0) is 0 Å². The highest BCUT2D eigenvalue weighted by molar-refractivity contribution is 9.10. The predicted octanol–water partition coefficient (Wildman–Crippen LogP) is 3.89. The van der Waals surface area contributed by atoms with Crippen molar-refractivity contribution in [1.29, 1.82) is 0 Å². The van der Waals surface area contributed by atoms with Crippen LogP contribution in [0, 0.1) is 0 Å². The molecular formula is C20H20BrN5O. The molecule has 1 aliphatic rings. The molecule has 2 aromatic heterocycles. The molecule has 0 aliphatic carbocycles. The molecule has 1 aliphatic heterocycles. The molecule has 4 rings (SSSR count). The maximum atomic E-state index is 13.3. The zero-order valence-electron chi connectivity index (χ0n) is 14.8. The van der Waals surface area contributed by atoms with Crippen LogP contribution in [0.3, 0.4) is 0 Å². The summed E-state index contributed by atoms with van der Waals surface area (Å²) >= 11 is 3.33. The van der Waals surface area contributed by atoms with Gasteiger partial charge in [-0.2, -0.15) is 0 Å². The number of nitrogens with one attached hydrogen (secondary N) is 1. The van der Waals surface area contributed by atoms with Gasteiger partial charge in [-0.1, -0.05) is 24.3 Å². The lowest BCUT2D eigenvalue weighted by molar-refractivity contribution is 0.0624. The van der Waals surface area contributed by atoms with Gasteiger partial charge in [-0.3, -0.25) is 9.78 Å². The molecule has 1 unspecified atom stereocenters. The van der Waals surface area contributed by atoms with Crippen molar-refractivity contribution in [1.82, 2.24) is 19.9 Å². The van der Waals surface area contributed by atoms with Crippen molar-refractivity contribution in [2.75, 3.05) is 18.4 Å². The van der Waals surface area contributed by atoms with E-state index in [1.165, 1.54) is 0 Å². The van der Waals surface area contributed by atoms with E-state index in [2.05, 4.69) is 36.2 Å². The standard InChI is InChI=1S/C20H20BrN5O/c21-15-11-23-20(24-12-15)25-13-16-6-3-4-10-26(16)19(27)18-17-7-2-1-5-14(17)8-9-22-18/h1-2,5,7-9,11-12,16H,3-4,6,10,13H2,(H,23,24,25). The highest BCUT2D eigenvalue weighted by atomic mass is 79.9. The van der Waals surface area contributed by atoms with Gasteiger partial charge in [0.05, 0.1) is 4.47 Å². The number of rotatable bonds is 4. The maximum absolute atomic E-state index is 13.3. The Morgan fingerprint density at radius 1 is 1.15 bits per heavy atom. The average molecular weight is 426 g/mol. The Bertz CT molecular complexity index is 941. The average Bonchev–Trinajstić information content (AvgIpc) is 2.73. The number of aromatic nitrogens is 3. The van der Waals surface area contributed by atoms with Gasteiger partial charge < -0.3 is 10.2 Å². The molecule has 1 aromatic carbocycles. The molecule has 138 valence electrons. The molecule has 1 atom stereocenters. The molecule has 3 heterocycles. The van der Waals surface area contributed by atoms with Crippen LogP contribution in [0.1, 0.15) is 29.8 Å². The number of nitrogens with zero attached hydrogens (tertiary/aromatic N) is 4. The minimum atomic E-state index is -0.00461. The van der Waals surface area contributed by atoms with Crippen molar-refractivity contribution in [3.05, 3.63) is 59.1 Å². The molecule has 0 saturated carbocycles. The Morgan fingerprint density at radius 2 is 1.96 bits per heavy atom. The van der Waals surface area contributed by atoms with Gasteiger partial charge in [0.15, 0.2) is 0 Å². The molecule has 1 amide bonds. The van der Waals surface area contributed by atoms with Crippen LogP contribution in [-0.4, -0.2) is 44.9 Å². The van der Waals surface area contributed by atoms with Crippen molar-refractivity contribution < 1.29 is 4.79 Å². The second-order valence-corrected chi connectivity index (χ2v) is 7.55. The Balaban J connectivity index is 1.54. The number of amides is 1. The number of benzene rings is 1. The lowest BCUT2D eigenvalue weighted by Gasteiger charge is -2.35. The number of piperidine rings is 1. The van der Waals surface area contributed by atoms with E-state index >= 15 is 0 Å². The highest BCUT2D eigenvalue weighted by Gasteiger charge is 2.29. The Morgan fingerprint density at radius 3 is 2.81 bits per heavy atom. The quantitative estimate of drug-likeness (QED) is 0.686. The van der Waals surface area contributed by atoms with Gasteiger partial charge in [-0.05, 0) is 46.6 Å². The fourth-order valence-electron chi connectivity index (χ4n) is 3.52. The van der Waals surface area contributed by atoms with Crippen molar-refractivity contribution in [3.63, 3.8) is 0 Å². The summed E-state index contributed by atoms with van der Waals surface area (Å²) in [5.41, 5.74) is 0.528.